The third kappa shape index (κ3) is 2.58. The monoisotopic (exact) mass is 268 g/mol. The highest BCUT2D eigenvalue weighted by Crippen LogP contribution is 2.27. The Kier molecular flexibility index (Phi) is 4.04. The lowest BCUT2D eigenvalue weighted by Gasteiger charge is -2.42. The minimum Gasteiger partial charge on any atom is -0.314 e. The van der Waals surface area contributed by atoms with Crippen LogP contribution in [-0.4, -0.2) is 30.6 Å². The first-order valence-electron chi connectivity index (χ1n) is 7.74. The van der Waals surface area contributed by atoms with Crippen molar-refractivity contribution in [2.45, 2.75) is 32.4 Å². The molecule has 0 aromatic heterocycles. The predicted octanol–water partition coefficient (Wildman–Crippen LogP) is 3.58. The van der Waals surface area contributed by atoms with Gasteiger partial charge in [0.2, 0.25) is 0 Å². The summed E-state index contributed by atoms with van der Waals surface area (Å²) in [7, 11) is 0. The fourth-order valence-corrected chi connectivity index (χ4v) is 3.12. The van der Waals surface area contributed by atoms with E-state index in [0.717, 1.165) is 13.1 Å². The van der Waals surface area contributed by atoms with Gasteiger partial charge in [0, 0.05) is 25.2 Å². The molecule has 1 heterocycles. The summed E-state index contributed by atoms with van der Waals surface area (Å²) in [5.41, 5.74) is 1.43. The molecule has 20 heavy (non-hydrogen) atoms. The number of hydrogen-bond acceptors (Lipinski definition) is 2. The largest absolute Gasteiger partial charge is 0.314 e. The Balaban J connectivity index is 1.87. The molecule has 3 rings (SSSR count). The lowest BCUT2D eigenvalue weighted by molar-refractivity contribution is 0.103. The molecule has 1 N–H and O–H groups in total. The summed E-state index contributed by atoms with van der Waals surface area (Å²) in [5, 5.41) is 6.07. The molecule has 106 valence electrons. The Morgan fingerprint density at radius 3 is 2.55 bits per heavy atom. The molecule has 1 fully saturated rings. The molecule has 0 bridgehead atoms. The van der Waals surface area contributed by atoms with E-state index in [-0.39, 0.29) is 0 Å². The van der Waals surface area contributed by atoms with Gasteiger partial charge in [-0.05, 0) is 42.3 Å². The zero-order valence-electron chi connectivity index (χ0n) is 12.5. The summed E-state index contributed by atoms with van der Waals surface area (Å²) in [6.07, 6.45) is 1.22. The first-order chi connectivity index (χ1) is 9.79. The van der Waals surface area contributed by atoms with Gasteiger partial charge in [0.15, 0.2) is 0 Å². The number of hydrogen-bond donors (Lipinski definition) is 1. The van der Waals surface area contributed by atoms with Gasteiger partial charge in [0.25, 0.3) is 0 Å². The van der Waals surface area contributed by atoms with E-state index in [9.17, 15) is 0 Å². The van der Waals surface area contributed by atoms with E-state index in [2.05, 4.69) is 66.5 Å². The number of rotatable bonds is 5. The standard InChI is InChI=1S/C18H24N2/c1-3-10-20(18-12-19-13-18)14(2)16-9-8-15-6-4-5-7-17(15)11-16/h4-9,11,14,18-19H,3,10,12-13H2,1-2H3. The van der Waals surface area contributed by atoms with E-state index in [1.807, 2.05) is 0 Å². The molecule has 0 spiro atoms. The molecule has 1 aliphatic heterocycles. The third-order valence-corrected chi connectivity index (χ3v) is 4.46. The van der Waals surface area contributed by atoms with Crippen molar-refractivity contribution < 1.29 is 0 Å². The number of nitrogens with zero attached hydrogens (tertiary/aromatic N) is 1. The highest BCUT2D eigenvalue weighted by molar-refractivity contribution is 5.83. The molecular formula is C18H24N2. The Hall–Kier alpha value is -1.38. The summed E-state index contributed by atoms with van der Waals surface area (Å²) in [6, 6.07) is 16.7. The quantitative estimate of drug-likeness (QED) is 0.891. The van der Waals surface area contributed by atoms with Crippen molar-refractivity contribution in [3.05, 3.63) is 48.0 Å². The SMILES string of the molecule is CCCN(C1CNC1)C(C)c1ccc2ccccc2c1. The zero-order chi connectivity index (χ0) is 13.9. The maximum Gasteiger partial charge on any atom is 0.0351 e. The van der Waals surface area contributed by atoms with Crippen molar-refractivity contribution in [3.63, 3.8) is 0 Å². The Morgan fingerprint density at radius 1 is 1.15 bits per heavy atom. The Labute approximate surface area is 121 Å². The van der Waals surface area contributed by atoms with Gasteiger partial charge in [0.1, 0.15) is 0 Å². The molecular weight excluding hydrogens is 244 g/mol. The van der Waals surface area contributed by atoms with Crippen LogP contribution in [0, 0.1) is 0 Å². The van der Waals surface area contributed by atoms with Crippen molar-refractivity contribution in [2.24, 2.45) is 0 Å². The minimum absolute atomic E-state index is 0.492. The Bertz CT molecular complexity index is 574. The third-order valence-electron chi connectivity index (χ3n) is 4.46. The van der Waals surface area contributed by atoms with Crippen LogP contribution in [0.2, 0.25) is 0 Å². The van der Waals surface area contributed by atoms with Gasteiger partial charge in [0.05, 0.1) is 0 Å². The maximum absolute atomic E-state index is 3.39. The second kappa shape index (κ2) is 5.94. The van der Waals surface area contributed by atoms with Crippen molar-refractivity contribution in [3.8, 4) is 0 Å². The van der Waals surface area contributed by atoms with Gasteiger partial charge in [-0.1, -0.05) is 43.3 Å². The summed E-state index contributed by atoms with van der Waals surface area (Å²) >= 11 is 0. The van der Waals surface area contributed by atoms with Gasteiger partial charge in [-0.3, -0.25) is 4.90 Å². The second-order valence-electron chi connectivity index (χ2n) is 5.83. The maximum atomic E-state index is 3.39. The first-order valence-corrected chi connectivity index (χ1v) is 7.74. The summed E-state index contributed by atoms with van der Waals surface area (Å²) in [6.45, 7) is 8.07. The molecule has 0 saturated carbocycles. The van der Waals surface area contributed by atoms with E-state index in [1.54, 1.807) is 0 Å². The highest BCUT2D eigenvalue weighted by atomic mass is 15.2. The molecule has 0 amide bonds. The minimum atomic E-state index is 0.492. The topological polar surface area (TPSA) is 15.3 Å². The average molecular weight is 268 g/mol. The second-order valence-corrected chi connectivity index (χ2v) is 5.83. The van der Waals surface area contributed by atoms with Gasteiger partial charge in [-0.15, -0.1) is 0 Å². The summed E-state index contributed by atoms with van der Waals surface area (Å²) in [5.74, 6) is 0. The molecule has 2 aromatic carbocycles. The van der Waals surface area contributed by atoms with Crippen LogP contribution < -0.4 is 5.32 Å². The predicted molar refractivity (Wildman–Crippen MR) is 86.0 cm³/mol. The van der Waals surface area contributed by atoms with Crippen molar-refractivity contribution in [1.82, 2.24) is 10.2 Å². The van der Waals surface area contributed by atoms with E-state index >= 15 is 0 Å². The van der Waals surface area contributed by atoms with Crippen LogP contribution in [0.5, 0.6) is 0 Å². The van der Waals surface area contributed by atoms with Crippen LogP contribution in [0.25, 0.3) is 10.8 Å². The van der Waals surface area contributed by atoms with Crippen LogP contribution >= 0.6 is 0 Å². The van der Waals surface area contributed by atoms with Gasteiger partial charge >= 0.3 is 0 Å². The molecule has 0 radical (unpaired) electrons. The number of fused-ring (bicyclic) bond motifs is 1. The average Bonchev–Trinajstić information content (AvgIpc) is 2.43. The van der Waals surface area contributed by atoms with Gasteiger partial charge in [-0.25, -0.2) is 0 Å². The summed E-state index contributed by atoms with van der Waals surface area (Å²) < 4.78 is 0. The zero-order valence-corrected chi connectivity index (χ0v) is 12.5. The van der Waals surface area contributed by atoms with E-state index < -0.39 is 0 Å². The fourth-order valence-electron chi connectivity index (χ4n) is 3.12. The fraction of sp³-hybridized carbons (Fsp3) is 0.444. The number of nitrogens with one attached hydrogen (secondary N) is 1. The smallest absolute Gasteiger partial charge is 0.0351 e. The normalized spacial score (nSPS) is 17.4. The lowest BCUT2D eigenvalue weighted by Crippen LogP contribution is -2.57. The van der Waals surface area contributed by atoms with Crippen LogP contribution in [0.4, 0.5) is 0 Å². The van der Waals surface area contributed by atoms with Gasteiger partial charge < -0.3 is 5.32 Å². The molecule has 2 nitrogen and oxygen atoms in total. The lowest BCUT2D eigenvalue weighted by atomic mass is 9.99. The molecule has 1 saturated heterocycles. The summed E-state index contributed by atoms with van der Waals surface area (Å²) in [4.78, 5) is 2.65. The molecule has 2 aromatic rings. The molecule has 1 unspecified atom stereocenters. The van der Waals surface area contributed by atoms with E-state index in [4.69, 9.17) is 0 Å². The first kappa shape index (κ1) is 13.6. The molecule has 2 heteroatoms. The number of benzene rings is 2. The van der Waals surface area contributed by atoms with E-state index in [0.29, 0.717) is 12.1 Å². The van der Waals surface area contributed by atoms with Gasteiger partial charge in [-0.2, -0.15) is 0 Å². The van der Waals surface area contributed by atoms with Crippen molar-refractivity contribution in [2.75, 3.05) is 19.6 Å². The van der Waals surface area contributed by atoms with Crippen LogP contribution in [0.15, 0.2) is 42.5 Å². The van der Waals surface area contributed by atoms with Crippen LogP contribution in [0.1, 0.15) is 31.9 Å². The van der Waals surface area contributed by atoms with Crippen molar-refractivity contribution in [1.29, 1.82) is 0 Å². The molecule has 1 aliphatic rings. The Morgan fingerprint density at radius 2 is 1.90 bits per heavy atom. The van der Waals surface area contributed by atoms with E-state index in [1.165, 1.54) is 29.3 Å². The highest BCUT2D eigenvalue weighted by Gasteiger charge is 2.28. The van der Waals surface area contributed by atoms with Crippen LogP contribution in [-0.2, 0) is 0 Å². The van der Waals surface area contributed by atoms with Crippen molar-refractivity contribution >= 4 is 10.8 Å². The molecule has 0 aliphatic carbocycles. The van der Waals surface area contributed by atoms with Crippen LogP contribution in [0.3, 0.4) is 0 Å². The molecule has 1 atom stereocenters.